The number of halogens is 2. The monoisotopic (exact) mass is 442 g/mol. The highest BCUT2D eigenvalue weighted by Gasteiger charge is 2.21. The van der Waals surface area contributed by atoms with E-state index < -0.39 is 15.8 Å². The molecule has 1 heterocycles. The molecule has 0 bridgehead atoms. The van der Waals surface area contributed by atoms with Crippen LogP contribution >= 0.6 is 11.6 Å². The Bertz CT molecular complexity index is 1360. The van der Waals surface area contributed by atoms with Crippen molar-refractivity contribution < 1.29 is 12.8 Å². The van der Waals surface area contributed by atoms with Gasteiger partial charge in [-0.25, -0.2) is 22.8 Å². The van der Waals surface area contributed by atoms with E-state index >= 15 is 0 Å². The normalized spacial score (nSPS) is 11.4. The molecule has 4 aromatic rings. The third kappa shape index (κ3) is 4.19. The fourth-order valence-electron chi connectivity index (χ4n) is 2.96. The Balaban J connectivity index is 1.80. The Hall–Kier alpha value is -3.23. The minimum absolute atomic E-state index is 0.0115. The van der Waals surface area contributed by atoms with Crippen LogP contribution in [0.4, 0.5) is 21.7 Å². The van der Waals surface area contributed by atoms with Crippen molar-refractivity contribution in [3.05, 3.63) is 83.1 Å². The number of rotatable bonds is 5. The first kappa shape index (κ1) is 20.1. The van der Waals surface area contributed by atoms with Gasteiger partial charge in [-0.15, -0.1) is 0 Å². The van der Waals surface area contributed by atoms with Crippen LogP contribution in [0.25, 0.3) is 11.0 Å². The van der Waals surface area contributed by atoms with Crippen molar-refractivity contribution in [3.63, 3.8) is 0 Å². The number of fused-ring (bicyclic) bond motifs is 1. The van der Waals surface area contributed by atoms with Crippen molar-refractivity contribution in [2.75, 3.05) is 10.0 Å². The van der Waals surface area contributed by atoms with Crippen molar-refractivity contribution in [2.45, 2.75) is 11.8 Å². The molecule has 0 aliphatic rings. The molecule has 0 atom stereocenters. The van der Waals surface area contributed by atoms with E-state index in [1.807, 2.05) is 6.07 Å². The standard InChI is InChI=1S/C21H16ClFN4O2S/c1-13-11-15(23)9-10-19(13)30(28,29)27-21-20(24-16-6-4-5-14(22)12-16)25-17-7-2-3-8-18(17)26-21/h2-12H,1H3,(H,24,25)(H,26,27). The molecular weight excluding hydrogens is 427 g/mol. The number of aromatic nitrogens is 2. The second-order valence-electron chi connectivity index (χ2n) is 6.56. The first-order valence-corrected chi connectivity index (χ1v) is 10.8. The quantitative estimate of drug-likeness (QED) is 0.439. The van der Waals surface area contributed by atoms with E-state index in [1.54, 1.807) is 42.5 Å². The van der Waals surface area contributed by atoms with E-state index in [4.69, 9.17) is 11.6 Å². The number of nitrogens with zero attached hydrogens (tertiary/aromatic N) is 2. The average molecular weight is 443 g/mol. The van der Waals surface area contributed by atoms with Crippen LogP contribution in [0.3, 0.4) is 0 Å². The molecule has 0 saturated heterocycles. The van der Waals surface area contributed by atoms with Crippen LogP contribution in [0.5, 0.6) is 0 Å². The Morgan fingerprint density at radius 2 is 1.60 bits per heavy atom. The number of para-hydroxylation sites is 2. The van der Waals surface area contributed by atoms with Gasteiger partial charge in [0, 0.05) is 10.7 Å². The molecule has 6 nitrogen and oxygen atoms in total. The number of sulfonamides is 1. The van der Waals surface area contributed by atoms with Crippen LogP contribution in [-0.2, 0) is 10.0 Å². The molecule has 1 aromatic heterocycles. The molecule has 9 heteroatoms. The summed E-state index contributed by atoms with van der Waals surface area (Å²) in [5, 5.41) is 3.57. The molecule has 0 spiro atoms. The SMILES string of the molecule is Cc1cc(F)ccc1S(=O)(=O)Nc1nc2ccccc2nc1Nc1cccc(Cl)c1. The molecule has 3 aromatic carbocycles. The highest BCUT2D eigenvalue weighted by atomic mass is 35.5. The Morgan fingerprint density at radius 3 is 2.27 bits per heavy atom. The largest absolute Gasteiger partial charge is 0.337 e. The predicted molar refractivity (Wildman–Crippen MR) is 116 cm³/mol. The summed E-state index contributed by atoms with van der Waals surface area (Å²) >= 11 is 6.04. The fraction of sp³-hybridized carbons (Fsp3) is 0.0476. The maximum absolute atomic E-state index is 13.4. The van der Waals surface area contributed by atoms with Crippen LogP contribution < -0.4 is 10.0 Å². The summed E-state index contributed by atoms with van der Waals surface area (Å²) in [4.78, 5) is 8.89. The van der Waals surface area contributed by atoms with Crippen LogP contribution in [0.15, 0.2) is 71.6 Å². The molecule has 2 N–H and O–H groups in total. The zero-order valence-corrected chi connectivity index (χ0v) is 17.3. The average Bonchev–Trinajstić information content (AvgIpc) is 2.68. The van der Waals surface area contributed by atoms with Crippen LogP contribution in [0.1, 0.15) is 5.56 Å². The van der Waals surface area contributed by atoms with Crippen molar-refractivity contribution in [1.82, 2.24) is 9.97 Å². The molecule has 0 aliphatic heterocycles. The zero-order chi connectivity index (χ0) is 21.3. The predicted octanol–water partition coefficient (Wildman–Crippen LogP) is 5.28. The molecule has 152 valence electrons. The summed E-state index contributed by atoms with van der Waals surface area (Å²) in [5.74, 6) is -0.294. The highest BCUT2D eigenvalue weighted by molar-refractivity contribution is 7.92. The highest BCUT2D eigenvalue weighted by Crippen LogP contribution is 2.28. The molecule has 4 rings (SSSR count). The first-order chi connectivity index (χ1) is 14.3. The van der Waals surface area contributed by atoms with Gasteiger partial charge in [0.15, 0.2) is 11.6 Å². The van der Waals surface area contributed by atoms with Gasteiger partial charge in [0.25, 0.3) is 10.0 Å². The van der Waals surface area contributed by atoms with Gasteiger partial charge >= 0.3 is 0 Å². The number of hydrogen-bond acceptors (Lipinski definition) is 5. The van der Waals surface area contributed by atoms with Crippen LogP contribution in [0.2, 0.25) is 5.02 Å². The molecule has 30 heavy (non-hydrogen) atoms. The lowest BCUT2D eigenvalue weighted by atomic mass is 10.2. The Morgan fingerprint density at radius 1 is 0.900 bits per heavy atom. The van der Waals surface area contributed by atoms with E-state index in [1.165, 1.54) is 13.0 Å². The van der Waals surface area contributed by atoms with Gasteiger partial charge in [0.05, 0.1) is 15.9 Å². The maximum Gasteiger partial charge on any atom is 0.263 e. The number of hydrogen-bond donors (Lipinski definition) is 2. The molecule has 0 amide bonds. The molecule has 0 unspecified atom stereocenters. The van der Waals surface area contributed by atoms with Gasteiger partial charge in [-0.05, 0) is 61.0 Å². The maximum atomic E-state index is 13.4. The third-order valence-corrected chi connectivity index (χ3v) is 6.05. The third-order valence-electron chi connectivity index (χ3n) is 4.32. The number of aryl methyl sites for hydroxylation is 1. The van der Waals surface area contributed by atoms with Gasteiger partial charge in [0.1, 0.15) is 5.82 Å². The molecular formula is C21H16ClFN4O2S. The van der Waals surface area contributed by atoms with Crippen molar-refractivity contribution in [2.24, 2.45) is 0 Å². The summed E-state index contributed by atoms with van der Waals surface area (Å²) in [5.41, 5.74) is 2.00. The Labute approximate surface area is 177 Å². The first-order valence-electron chi connectivity index (χ1n) is 8.90. The van der Waals surface area contributed by atoms with Crippen molar-refractivity contribution in [1.29, 1.82) is 0 Å². The van der Waals surface area contributed by atoms with Gasteiger partial charge in [-0.2, -0.15) is 0 Å². The zero-order valence-electron chi connectivity index (χ0n) is 15.7. The topological polar surface area (TPSA) is 84.0 Å². The van der Waals surface area contributed by atoms with E-state index in [0.717, 1.165) is 12.1 Å². The van der Waals surface area contributed by atoms with Crippen LogP contribution in [-0.4, -0.2) is 18.4 Å². The van der Waals surface area contributed by atoms with Crippen molar-refractivity contribution >= 4 is 50.0 Å². The number of benzene rings is 3. The molecule has 0 radical (unpaired) electrons. The smallest absolute Gasteiger partial charge is 0.263 e. The lowest BCUT2D eigenvalue weighted by Crippen LogP contribution is -2.17. The van der Waals surface area contributed by atoms with E-state index in [-0.39, 0.29) is 22.1 Å². The molecule has 0 aliphatic carbocycles. The van der Waals surface area contributed by atoms with Crippen molar-refractivity contribution in [3.8, 4) is 0 Å². The van der Waals surface area contributed by atoms with E-state index in [0.29, 0.717) is 21.7 Å². The number of anilines is 3. The lowest BCUT2D eigenvalue weighted by Gasteiger charge is -2.15. The summed E-state index contributed by atoms with van der Waals surface area (Å²) < 4.78 is 41.8. The lowest BCUT2D eigenvalue weighted by molar-refractivity contribution is 0.598. The second kappa shape index (κ2) is 7.89. The number of nitrogens with one attached hydrogen (secondary N) is 2. The van der Waals surface area contributed by atoms with Crippen LogP contribution in [0, 0.1) is 12.7 Å². The minimum Gasteiger partial charge on any atom is -0.337 e. The Kier molecular flexibility index (Phi) is 5.27. The molecule has 0 saturated carbocycles. The summed E-state index contributed by atoms with van der Waals surface area (Å²) in [6.07, 6.45) is 0. The van der Waals surface area contributed by atoms with Gasteiger partial charge < -0.3 is 5.32 Å². The minimum atomic E-state index is -4.04. The summed E-state index contributed by atoms with van der Waals surface area (Å²) in [6, 6.07) is 17.5. The molecule has 0 fully saturated rings. The van der Waals surface area contributed by atoms with Gasteiger partial charge in [-0.1, -0.05) is 29.8 Å². The van der Waals surface area contributed by atoms with Gasteiger partial charge in [-0.3, -0.25) is 4.72 Å². The van der Waals surface area contributed by atoms with Gasteiger partial charge in [0.2, 0.25) is 0 Å². The second-order valence-corrected chi connectivity index (χ2v) is 8.65. The fourth-order valence-corrected chi connectivity index (χ4v) is 4.39. The summed E-state index contributed by atoms with van der Waals surface area (Å²) in [7, 11) is -4.04. The summed E-state index contributed by atoms with van der Waals surface area (Å²) in [6.45, 7) is 1.52. The van der Waals surface area contributed by atoms with E-state index in [9.17, 15) is 12.8 Å². The van der Waals surface area contributed by atoms with E-state index in [2.05, 4.69) is 20.0 Å².